The molecule has 1 aromatic carbocycles. The zero-order valence-electron chi connectivity index (χ0n) is 10.1. The van der Waals surface area contributed by atoms with Crippen LogP contribution in [-0.2, 0) is 9.53 Å². The molecule has 0 spiro atoms. The van der Waals surface area contributed by atoms with Crippen LogP contribution in [-0.4, -0.2) is 36.7 Å². The smallest absolute Gasteiger partial charge is 0.329 e. The Morgan fingerprint density at radius 3 is 2.84 bits per heavy atom. The van der Waals surface area contributed by atoms with Crippen molar-refractivity contribution in [2.24, 2.45) is 0 Å². The Hall–Kier alpha value is -2.34. The normalized spacial score (nSPS) is 10.5. The average Bonchev–Trinajstić information content (AvgIpc) is 2.81. The first-order chi connectivity index (χ1) is 9.16. The topological polar surface area (TPSA) is 88.8 Å². The van der Waals surface area contributed by atoms with Crippen molar-refractivity contribution in [3.05, 3.63) is 36.1 Å². The molecule has 0 fully saturated rings. The molecule has 19 heavy (non-hydrogen) atoms. The van der Waals surface area contributed by atoms with Crippen LogP contribution < -0.4 is 5.32 Å². The molecule has 0 aliphatic rings. The van der Waals surface area contributed by atoms with Crippen LogP contribution in [0.15, 0.2) is 34.7 Å². The Balaban J connectivity index is 1.84. The molecule has 1 heterocycles. The van der Waals surface area contributed by atoms with Crippen LogP contribution in [0.2, 0.25) is 0 Å². The Bertz CT molecular complexity index is 556. The third-order valence-corrected chi connectivity index (χ3v) is 2.41. The van der Waals surface area contributed by atoms with Gasteiger partial charge in [0.25, 0.3) is 5.91 Å². The molecular weight excluding hydrogens is 250 g/mol. The lowest BCUT2D eigenvalue weighted by Gasteiger charge is -2.02. The average molecular weight is 263 g/mol. The first-order valence-corrected chi connectivity index (χ1v) is 5.73. The van der Waals surface area contributed by atoms with Crippen LogP contribution in [0.1, 0.15) is 10.6 Å². The number of aliphatic carboxylic acids is 1. The van der Waals surface area contributed by atoms with Gasteiger partial charge >= 0.3 is 5.97 Å². The van der Waals surface area contributed by atoms with Gasteiger partial charge in [-0.15, -0.1) is 0 Å². The maximum Gasteiger partial charge on any atom is 0.329 e. The van der Waals surface area contributed by atoms with E-state index in [0.717, 1.165) is 5.39 Å². The molecule has 100 valence electrons. The van der Waals surface area contributed by atoms with Gasteiger partial charge in [0, 0.05) is 11.9 Å². The minimum absolute atomic E-state index is 0.137. The second-order valence-corrected chi connectivity index (χ2v) is 3.85. The quantitative estimate of drug-likeness (QED) is 0.766. The lowest BCUT2D eigenvalue weighted by molar-refractivity contribution is -0.142. The summed E-state index contributed by atoms with van der Waals surface area (Å²) in [6.45, 7) is -0.0120. The van der Waals surface area contributed by atoms with Crippen molar-refractivity contribution in [2.45, 2.75) is 0 Å². The standard InChI is InChI=1S/C13H13NO5/c15-12(16)8-18-6-5-14-13(17)11-7-9-3-1-2-4-10(9)19-11/h1-4,7H,5-6,8H2,(H,14,17)(H,15,16). The molecule has 0 bridgehead atoms. The summed E-state index contributed by atoms with van der Waals surface area (Å²) in [7, 11) is 0. The number of fused-ring (bicyclic) bond motifs is 1. The summed E-state index contributed by atoms with van der Waals surface area (Å²) < 4.78 is 10.2. The summed E-state index contributed by atoms with van der Waals surface area (Å²) >= 11 is 0. The van der Waals surface area contributed by atoms with Crippen molar-refractivity contribution >= 4 is 22.8 Å². The van der Waals surface area contributed by atoms with Gasteiger partial charge in [-0.3, -0.25) is 4.79 Å². The van der Waals surface area contributed by atoms with Gasteiger partial charge in [-0.1, -0.05) is 18.2 Å². The van der Waals surface area contributed by atoms with E-state index in [1.165, 1.54) is 0 Å². The van der Waals surface area contributed by atoms with Gasteiger partial charge in [-0.25, -0.2) is 4.79 Å². The number of carbonyl (C=O) groups is 2. The summed E-state index contributed by atoms with van der Waals surface area (Å²) in [6.07, 6.45) is 0. The Kier molecular flexibility index (Phi) is 4.15. The number of rotatable bonds is 6. The molecule has 2 N–H and O–H groups in total. The fourth-order valence-electron chi connectivity index (χ4n) is 1.58. The highest BCUT2D eigenvalue weighted by Gasteiger charge is 2.11. The highest BCUT2D eigenvalue weighted by Crippen LogP contribution is 2.18. The monoisotopic (exact) mass is 263 g/mol. The van der Waals surface area contributed by atoms with Gasteiger partial charge in [-0.05, 0) is 12.1 Å². The van der Waals surface area contributed by atoms with Crippen LogP contribution in [0.5, 0.6) is 0 Å². The highest BCUT2D eigenvalue weighted by molar-refractivity contribution is 5.96. The first-order valence-electron chi connectivity index (χ1n) is 5.73. The maximum absolute atomic E-state index is 11.7. The molecule has 0 saturated heterocycles. The van der Waals surface area contributed by atoms with Gasteiger partial charge in [0.05, 0.1) is 6.61 Å². The van der Waals surface area contributed by atoms with Crippen molar-refractivity contribution < 1.29 is 23.8 Å². The van der Waals surface area contributed by atoms with Crippen molar-refractivity contribution in [3.63, 3.8) is 0 Å². The zero-order valence-corrected chi connectivity index (χ0v) is 10.1. The molecule has 0 aliphatic carbocycles. The van der Waals surface area contributed by atoms with E-state index in [9.17, 15) is 9.59 Å². The molecule has 6 nitrogen and oxygen atoms in total. The molecule has 0 radical (unpaired) electrons. The van der Waals surface area contributed by atoms with E-state index in [-0.39, 0.29) is 31.4 Å². The number of carboxylic acid groups (broad SMARTS) is 1. The van der Waals surface area contributed by atoms with Crippen molar-refractivity contribution in [2.75, 3.05) is 19.8 Å². The summed E-state index contributed by atoms with van der Waals surface area (Å²) in [5.74, 6) is -1.17. The third kappa shape index (κ3) is 3.56. The number of carbonyl (C=O) groups excluding carboxylic acids is 1. The number of hydrogen-bond acceptors (Lipinski definition) is 4. The van der Waals surface area contributed by atoms with E-state index >= 15 is 0 Å². The molecule has 0 unspecified atom stereocenters. The van der Waals surface area contributed by atoms with Crippen LogP contribution >= 0.6 is 0 Å². The van der Waals surface area contributed by atoms with E-state index < -0.39 is 5.97 Å². The van der Waals surface area contributed by atoms with Gasteiger partial charge < -0.3 is 19.6 Å². The van der Waals surface area contributed by atoms with Gasteiger partial charge in [0.1, 0.15) is 12.2 Å². The summed E-state index contributed by atoms with van der Waals surface area (Å²) in [6, 6.07) is 8.98. The Morgan fingerprint density at radius 1 is 1.32 bits per heavy atom. The molecule has 6 heteroatoms. The summed E-state index contributed by atoms with van der Waals surface area (Å²) in [4.78, 5) is 21.9. The molecule has 1 aromatic heterocycles. The number of carboxylic acids is 1. The number of para-hydroxylation sites is 1. The van der Waals surface area contributed by atoms with Gasteiger partial charge in [0.2, 0.25) is 0 Å². The SMILES string of the molecule is O=C(O)COCCNC(=O)c1cc2ccccc2o1. The van der Waals surface area contributed by atoms with E-state index in [4.69, 9.17) is 14.3 Å². The molecular formula is C13H13NO5. The van der Waals surface area contributed by atoms with E-state index in [0.29, 0.717) is 5.58 Å². The van der Waals surface area contributed by atoms with Gasteiger partial charge in [0.15, 0.2) is 5.76 Å². The lowest BCUT2D eigenvalue weighted by Crippen LogP contribution is -2.27. The van der Waals surface area contributed by atoms with Crippen LogP contribution in [0.3, 0.4) is 0 Å². The number of furan rings is 1. The maximum atomic E-state index is 11.7. The second kappa shape index (κ2) is 6.01. The molecule has 0 atom stereocenters. The number of benzene rings is 1. The minimum atomic E-state index is -1.04. The fourth-order valence-corrected chi connectivity index (χ4v) is 1.58. The lowest BCUT2D eigenvalue weighted by atomic mass is 10.2. The summed E-state index contributed by atoms with van der Waals surface area (Å²) in [5.41, 5.74) is 0.648. The third-order valence-electron chi connectivity index (χ3n) is 2.41. The predicted molar refractivity (Wildman–Crippen MR) is 67.0 cm³/mol. The van der Waals surface area contributed by atoms with E-state index in [2.05, 4.69) is 5.32 Å². The van der Waals surface area contributed by atoms with Gasteiger partial charge in [-0.2, -0.15) is 0 Å². The van der Waals surface area contributed by atoms with E-state index in [1.807, 2.05) is 18.2 Å². The number of ether oxygens (including phenoxy) is 1. The molecule has 0 saturated carbocycles. The number of amides is 1. The van der Waals surface area contributed by atoms with Crippen LogP contribution in [0, 0.1) is 0 Å². The largest absolute Gasteiger partial charge is 0.480 e. The molecule has 1 amide bonds. The first kappa shape index (κ1) is 13.1. The fraction of sp³-hybridized carbons (Fsp3) is 0.231. The summed E-state index contributed by atoms with van der Waals surface area (Å²) in [5, 5.41) is 11.8. The highest BCUT2D eigenvalue weighted by atomic mass is 16.5. The molecule has 0 aliphatic heterocycles. The van der Waals surface area contributed by atoms with E-state index in [1.54, 1.807) is 12.1 Å². The number of nitrogens with one attached hydrogen (secondary N) is 1. The van der Waals surface area contributed by atoms with Crippen LogP contribution in [0.4, 0.5) is 0 Å². The Labute approximate surface area is 109 Å². The second-order valence-electron chi connectivity index (χ2n) is 3.85. The predicted octanol–water partition coefficient (Wildman–Crippen LogP) is 1.26. The Morgan fingerprint density at radius 2 is 2.11 bits per heavy atom. The molecule has 2 rings (SSSR count). The van der Waals surface area contributed by atoms with Crippen molar-refractivity contribution in [1.29, 1.82) is 0 Å². The van der Waals surface area contributed by atoms with Crippen molar-refractivity contribution in [1.82, 2.24) is 5.32 Å². The zero-order chi connectivity index (χ0) is 13.7. The minimum Gasteiger partial charge on any atom is -0.480 e. The van der Waals surface area contributed by atoms with Crippen LogP contribution in [0.25, 0.3) is 11.0 Å². The number of hydrogen-bond donors (Lipinski definition) is 2. The van der Waals surface area contributed by atoms with Crippen molar-refractivity contribution in [3.8, 4) is 0 Å². The molecule has 2 aromatic rings.